The lowest BCUT2D eigenvalue weighted by Gasteiger charge is -2.28. The Bertz CT molecular complexity index is 984. The van der Waals surface area contributed by atoms with Crippen LogP contribution < -0.4 is 9.62 Å². The first-order chi connectivity index (χ1) is 14.5. The van der Waals surface area contributed by atoms with Crippen molar-refractivity contribution in [2.75, 3.05) is 31.5 Å². The van der Waals surface area contributed by atoms with Gasteiger partial charge in [0.15, 0.2) is 0 Å². The second-order valence-corrected chi connectivity index (χ2v) is 10.5. The molecule has 0 saturated carbocycles. The van der Waals surface area contributed by atoms with E-state index in [1.54, 1.807) is 6.07 Å². The highest BCUT2D eigenvalue weighted by Gasteiger charge is 2.28. The fourth-order valence-corrected chi connectivity index (χ4v) is 4.37. The van der Waals surface area contributed by atoms with Gasteiger partial charge in [0.2, 0.25) is 5.91 Å². The van der Waals surface area contributed by atoms with Crippen molar-refractivity contribution >= 4 is 21.8 Å². The molecule has 0 aliphatic rings. The van der Waals surface area contributed by atoms with Crippen LogP contribution in [0.4, 0.5) is 5.69 Å². The molecule has 0 unspecified atom stereocenters. The number of benzene rings is 2. The lowest BCUT2D eigenvalue weighted by molar-refractivity contribution is -0.119. The van der Waals surface area contributed by atoms with Gasteiger partial charge in [-0.25, -0.2) is 4.31 Å². The van der Waals surface area contributed by atoms with Gasteiger partial charge in [-0.2, -0.15) is 12.7 Å². The molecule has 7 heteroatoms. The summed E-state index contributed by atoms with van der Waals surface area (Å²) in [4.78, 5) is 12.6. The number of aryl methyl sites for hydroxylation is 3. The van der Waals surface area contributed by atoms with E-state index < -0.39 is 10.2 Å². The Morgan fingerprint density at radius 3 is 2.26 bits per heavy atom. The molecule has 0 aromatic heterocycles. The molecular formula is C24H35N3O3S. The van der Waals surface area contributed by atoms with E-state index in [0.29, 0.717) is 18.2 Å². The summed E-state index contributed by atoms with van der Waals surface area (Å²) in [6, 6.07) is 14.1. The molecule has 0 radical (unpaired) electrons. The molecule has 2 aromatic carbocycles. The van der Waals surface area contributed by atoms with E-state index in [2.05, 4.69) is 43.4 Å². The van der Waals surface area contributed by atoms with Crippen molar-refractivity contribution in [1.82, 2.24) is 9.62 Å². The second-order valence-electron chi connectivity index (χ2n) is 8.44. The molecule has 1 N–H and O–H groups in total. The number of rotatable bonds is 10. The topological polar surface area (TPSA) is 69.7 Å². The van der Waals surface area contributed by atoms with E-state index in [9.17, 15) is 13.2 Å². The Hall–Kier alpha value is -2.38. The van der Waals surface area contributed by atoms with Crippen molar-refractivity contribution in [3.05, 3.63) is 64.7 Å². The highest BCUT2D eigenvalue weighted by atomic mass is 32.2. The lowest BCUT2D eigenvalue weighted by Crippen LogP contribution is -2.46. The fraction of sp³-hybridized carbons (Fsp3) is 0.458. The molecule has 2 aromatic rings. The van der Waals surface area contributed by atoms with Gasteiger partial charge in [0.1, 0.15) is 6.54 Å². The molecule has 170 valence electrons. The van der Waals surface area contributed by atoms with Gasteiger partial charge in [0.25, 0.3) is 0 Å². The summed E-state index contributed by atoms with van der Waals surface area (Å²) in [6.07, 6.45) is 1.64. The third kappa shape index (κ3) is 6.80. The van der Waals surface area contributed by atoms with E-state index in [1.165, 1.54) is 29.5 Å². The van der Waals surface area contributed by atoms with Gasteiger partial charge in [-0.15, -0.1) is 0 Å². The summed E-state index contributed by atoms with van der Waals surface area (Å²) in [5.41, 5.74) is 4.79. The smallest absolute Gasteiger partial charge is 0.304 e. The van der Waals surface area contributed by atoms with E-state index in [1.807, 2.05) is 26.0 Å². The molecule has 0 spiro atoms. The molecule has 0 aliphatic heterocycles. The van der Waals surface area contributed by atoms with Crippen molar-refractivity contribution < 1.29 is 13.2 Å². The SMILES string of the molecule is Cc1ccc(C)c(N(CC(=O)NCCCc2ccc(C(C)C)cc2)S(=O)(=O)N(C)C)c1. The molecule has 1 amide bonds. The number of carbonyl (C=O) groups excluding carboxylic acids is 1. The standard InChI is InChI=1S/C24H35N3O3S/c1-18(2)22-13-11-21(12-14-22)8-7-15-25-24(28)17-27(31(29,30)26(5)6)23-16-19(3)9-10-20(23)4/h9-14,16,18H,7-8,15,17H2,1-6H3,(H,25,28). The van der Waals surface area contributed by atoms with E-state index >= 15 is 0 Å². The van der Waals surface area contributed by atoms with Crippen molar-refractivity contribution in [3.63, 3.8) is 0 Å². The number of nitrogens with one attached hydrogen (secondary N) is 1. The number of hydrogen-bond acceptors (Lipinski definition) is 3. The molecular weight excluding hydrogens is 410 g/mol. The van der Waals surface area contributed by atoms with E-state index in [-0.39, 0.29) is 12.5 Å². The van der Waals surface area contributed by atoms with Crippen molar-refractivity contribution in [2.45, 2.75) is 46.5 Å². The minimum absolute atomic E-state index is 0.256. The Morgan fingerprint density at radius 2 is 1.68 bits per heavy atom. The summed E-state index contributed by atoms with van der Waals surface area (Å²) in [7, 11) is -0.869. The van der Waals surface area contributed by atoms with Crippen LogP contribution >= 0.6 is 0 Å². The predicted molar refractivity (Wildman–Crippen MR) is 128 cm³/mol. The zero-order valence-electron chi connectivity index (χ0n) is 19.5. The molecule has 31 heavy (non-hydrogen) atoms. The van der Waals surface area contributed by atoms with Crippen LogP contribution in [0.1, 0.15) is 48.4 Å². The highest BCUT2D eigenvalue weighted by molar-refractivity contribution is 7.90. The first kappa shape index (κ1) is 24.9. The average molecular weight is 446 g/mol. The number of carbonyl (C=O) groups is 1. The summed E-state index contributed by atoms with van der Waals surface area (Å²) < 4.78 is 28.1. The third-order valence-corrected chi connectivity index (χ3v) is 7.08. The molecule has 0 atom stereocenters. The van der Waals surface area contributed by atoms with Crippen molar-refractivity contribution in [2.24, 2.45) is 0 Å². The van der Waals surface area contributed by atoms with Crippen LogP contribution in [0.5, 0.6) is 0 Å². The lowest BCUT2D eigenvalue weighted by atomic mass is 10.0. The van der Waals surface area contributed by atoms with E-state index in [0.717, 1.165) is 28.3 Å². The molecule has 0 bridgehead atoms. The Balaban J connectivity index is 2.00. The van der Waals surface area contributed by atoms with Crippen LogP contribution in [0.3, 0.4) is 0 Å². The predicted octanol–water partition coefficient (Wildman–Crippen LogP) is 3.79. The maximum absolute atomic E-state index is 12.9. The first-order valence-corrected chi connectivity index (χ1v) is 12.0. The first-order valence-electron chi connectivity index (χ1n) is 10.7. The minimum atomic E-state index is -3.81. The van der Waals surface area contributed by atoms with Gasteiger partial charge >= 0.3 is 10.2 Å². The maximum atomic E-state index is 12.9. The van der Waals surface area contributed by atoms with Crippen LogP contribution in [0.2, 0.25) is 0 Å². The minimum Gasteiger partial charge on any atom is -0.355 e. The summed E-state index contributed by atoms with van der Waals surface area (Å²) in [5, 5.41) is 2.86. The third-order valence-electron chi connectivity index (χ3n) is 5.27. The summed E-state index contributed by atoms with van der Waals surface area (Å²) in [5.74, 6) is 0.188. The van der Waals surface area contributed by atoms with Crippen LogP contribution in [0, 0.1) is 13.8 Å². The van der Waals surface area contributed by atoms with Crippen LogP contribution in [-0.2, 0) is 21.4 Å². The van der Waals surface area contributed by atoms with Crippen LogP contribution in [0.25, 0.3) is 0 Å². The Morgan fingerprint density at radius 1 is 1.03 bits per heavy atom. The highest BCUT2D eigenvalue weighted by Crippen LogP contribution is 2.25. The van der Waals surface area contributed by atoms with Gasteiger partial charge in [-0.3, -0.25) is 4.79 Å². The Kier molecular flexibility index (Phi) is 8.65. The van der Waals surface area contributed by atoms with Crippen molar-refractivity contribution in [3.8, 4) is 0 Å². The molecule has 2 rings (SSSR count). The normalized spacial score (nSPS) is 11.7. The zero-order valence-corrected chi connectivity index (χ0v) is 20.3. The van der Waals surface area contributed by atoms with Crippen LogP contribution in [0.15, 0.2) is 42.5 Å². The number of nitrogens with zero attached hydrogens (tertiary/aromatic N) is 2. The summed E-state index contributed by atoms with van der Waals surface area (Å²) in [6.45, 7) is 8.32. The van der Waals surface area contributed by atoms with Crippen LogP contribution in [-0.4, -0.2) is 45.8 Å². The zero-order chi connectivity index (χ0) is 23.2. The molecule has 0 heterocycles. The van der Waals surface area contributed by atoms with Crippen molar-refractivity contribution in [1.29, 1.82) is 0 Å². The average Bonchev–Trinajstić information content (AvgIpc) is 2.71. The molecule has 0 saturated heterocycles. The molecule has 0 fully saturated rings. The number of amides is 1. The van der Waals surface area contributed by atoms with Gasteiger partial charge < -0.3 is 5.32 Å². The van der Waals surface area contributed by atoms with Gasteiger partial charge in [-0.05, 0) is 60.9 Å². The largest absolute Gasteiger partial charge is 0.355 e. The fourth-order valence-electron chi connectivity index (χ4n) is 3.25. The van der Waals surface area contributed by atoms with Gasteiger partial charge in [0.05, 0.1) is 5.69 Å². The molecule has 0 aliphatic carbocycles. The Labute approximate surface area is 187 Å². The number of anilines is 1. The summed E-state index contributed by atoms with van der Waals surface area (Å²) >= 11 is 0. The monoisotopic (exact) mass is 445 g/mol. The van der Waals surface area contributed by atoms with Gasteiger partial charge in [0, 0.05) is 20.6 Å². The maximum Gasteiger partial charge on any atom is 0.304 e. The number of hydrogen-bond donors (Lipinski definition) is 1. The quantitative estimate of drug-likeness (QED) is 0.566. The molecule has 6 nitrogen and oxygen atoms in total. The van der Waals surface area contributed by atoms with E-state index in [4.69, 9.17) is 0 Å². The second kappa shape index (κ2) is 10.8. The van der Waals surface area contributed by atoms with Gasteiger partial charge in [-0.1, -0.05) is 50.2 Å².